The van der Waals surface area contributed by atoms with Crippen molar-refractivity contribution in [3.8, 4) is 0 Å². The molecule has 1 atom stereocenters. The minimum atomic E-state index is -0.938. The molecular formula is C19H24N4O2. The number of benzene rings is 2. The van der Waals surface area contributed by atoms with Crippen LogP contribution in [0.1, 0.15) is 20.3 Å². The Morgan fingerprint density at radius 2 is 1.84 bits per heavy atom. The van der Waals surface area contributed by atoms with E-state index in [9.17, 15) is 10.4 Å². The third-order valence-electron chi connectivity index (χ3n) is 4.15. The van der Waals surface area contributed by atoms with Gasteiger partial charge in [0.25, 0.3) is 0 Å². The second-order valence-electron chi connectivity index (χ2n) is 6.40. The number of aromatic nitrogens is 1. The van der Waals surface area contributed by atoms with Crippen molar-refractivity contribution in [3.63, 3.8) is 0 Å². The van der Waals surface area contributed by atoms with E-state index < -0.39 is 5.23 Å². The van der Waals surface area contributed by atoms with Crippen LogP contribution in [0.4, 0.5) is 11.4 Å². The van der Waals surface area contributed by atoms with Gasteiger partial charge in [0, 0.05) is 24.0 Å². The number of hydrogen-bond donors (Lipinski definition) is 4. The van der Waals surface area contributed by atoms with E-state index >= 15 is 0 Å². The van der Waals surface area contributed by atoms with E-state index in [4.69, 9.17) is 0 Å². The molecule has 2 aromatic carbocycles. The summed E-state index contributed by atoms with van der Waals surface area (Å²) in [5.74, 6) is 0. The summed E-state index contributed by atoms with van der Waals surface area (Å²) in [6, 6.07) is 13.5. The lowest BCUT2D eigenvalue weighted by molar-refractivity contribution is -0.990. The lowest BCUT2D eigenvalue weighted by atomic mass is 10.1. The number of nitrogens with one attached hydrogen (secondary N) is 3. The van der Waals surface area contributed by atoms with Crippen molar-refractivity contribution in [1.82, 2.24) is 10.3 Å². The molecule has 1 aromatic heterocycles. The molecule has 0 fully saturated rings. The van der Waals surface area contributed by atoms with E-state index in [1.54, 1.807) is 12.1 Å². The third-order valence-corrected chi connectivity index (χ3v) is 4.15. The number of pyridine rings is 1. The Labute approximate surface area is 147 Å². The molecule has 0 radical (unpaired) electrons. The van der Waals surface area contributed by atoms with Crippen LogP contribution in [0.15, 0.2) is 42.5 Å². The van der Waals surface area contributed by atoms with Gasteiger partial charge in [0.1, 0.15) is 0 Å². The Kier molecular flexibility index (Phi) is 5.45. The highest BCUT2D eigenvalue weighted by Gasteiger charge is 2.16. The van der Waals surface area contributed by atoms with Gasteiger partial charge in [-0.15, -0.1) is 0 Å². The first-order valence-electron chi connectivity index (χ1n) is 8.60. The largest absolute Gasteiger partial charge is 0.595 e. The summed E-state index contributed by atoms with van der Waals surface area (Å²) in [6.45, 7) is 5.92. The molecule has 3 rings (SSSR count). The van der Waals surface area contributed by atoms with Gasteiger partial charge < -0.3 is 15.8 Å². The number of fused-ring (bicyclic) bond motifs is 2. The van der Waals surface area contributed by atoms with E-state index in [1.165, 1.54) is 0 Å². The van der Waals surface area contributed by atoms with Crippen molar-refractivity contribution in [2.75, 3.05) is 18.4 Å². The molecular weight excluding hydrogens is 316 g/mol. The summed E-state index contributed by atoms with van der Waals surface area (Å²) in [4.78, 5) is 4.63. The Bertz CT molecular complexity index is 865. The fraction of sp³-hybridized carbons (Fsp3) is 0.316. The zero-order valence-electron chi connectivity index (χ0n) is 14.5. The van der Waals surface area contributed by atoms with Gasteiger partial charge in [-0.25, -0.2) is 10.2 Å². The van der Waals surface area contributed by atoms with Gasteiger partial charge in [-0.2, -0.15) is 5.23 Å². The number of hydrogen-bond acceptors (Lipinski definition) is 5. The zero-order valence-corrected chi connectivity index (χ0v) is 14.5. The molecule has 0 saturated carbocycles. The van der Waals surface area contributed by atoms with Crippen molar-refractivity contribution in [1.29, 1.82) is 0 Å². The summed E-state index contributed by atoms with van der Waals surface area (Å²) in [5.41, 5.74) is 2.68. The Balaban J connectivity index is 2.02. The Hall–Kier alpha value is -2.25. The van der Waals surface area contributed by atoms with Crippen LogP contribution in [-0.4, -0.2) is 29.3 Å². The molecule has 25 heavy (non-hydrogen) atoms. The average Bonchev–Trinajstić information content (AvgIpc) is 2.59. The molecule has 3 aromatic rings. The number of quaternary nitrogens is 1. The highest BCUT2D eigenvalue weighted by molar-refractivity contribution is 6.11. The first-order valence-corrected chi connectivity index (χ1v) is 8.60. The van der Waals surface area contributed by atoms with Gasteiger partial charge in [0.2, 0.25) is 0 Å². The molecule has 4 N–H and O–H groups in total. The molecule has 6 heteroatoms. The van der Waals surface area contributed by atoms with Crippen molar-refractivity contribution >= 4 is 33.2 Å². The Morgan fingerprint density at radius 3 is 2.60 bits per heavy atom. The van der Waals surface area contributed by atoms with E-state index in [1.807, 2.05) is 30.3 Å². The molecule has 6 nitrogen and oxygen atoms in total. The van der Waals surface area contributed by atoms with E-state index in [0.717, 1.165) is 36.1 Å². The lowest BCUT2D eigenvalue weighted by Crippen LogP contribution is -2.99. The average molecular weight is 340 g/mol. The maximum atomic E-state index is 11.7. The van der Waals surface area contributed by atoms with Gasteiger partial charge >= 0.3 is 0 Å². The minimum absolute atomic E-state index is 0.276. The predicted octanol–water partition coefficient (Wildman–Crippen LogP) is 2.59. The summed E-state index contributed by atoms with van der Waals surface area (Å²) < 4.78 is 0. The van der Waals surface area contributed by atoms with Crippen molar-refractivity contribution in [2.45, 2.75) is 26.3 Å². The van der Waals surface area contributed by atoms with Crippen molar-refractivity contribution in [3.05, 3.63) is 47.7 Å². The normalized spacial score (nSPS) is 12.8. The summed E-state index contributed by atoms with van der Waals surface area (Å²) in [5, 5.41) is 28.8. The van der Waals surface area contributed by atoms with Crippen molar-refractivity contribution in [2.24, 2.45) is 0 Å². The summed E-state index contributed by atoms with van der Waals surface area (Å²) in [7, 11) is 0. The van der Waals surface area contributed by atoms with Crippen LogP contribution in [0.2, 0.25) is 0 Å². The monoisotopic (exact) mass is 340 g/mol. The smallest absolute Gasteiger partial charge is 0.175 e. The summed E-state index contributed by atoms with van der Waals surface area (Å²) in [6.07, 6.45) is 0.950. The second-order valence-corrected chi connectivity index (χ2v) is 6.40. The van der Waals surface area contributed by atoms with Crippen LogP contribution >= 0.6 is 0 Å². The Morgan fingerprint density at radius 1 is 1.08 bits per heavy atom. The minimum Gasteiger partial charge on any atom is -0.595 e. The lowest BCUT2D eigenvalue weighted by Gasteiger charge is -2.18. The maximum absolute atomic E-state index is 11.7. The van der Waals surface area contributed by atoms with Crippen LogP contribution in [0.3, 0.4) is 0 Å². The highest BCUT2D eigenvalue weighted by atomic mass is 16.8. The number of anilines is 1. The van der Waals surface area contributed by atoms with Crippen molar-refractivity contribution < 1.29 is 10.4 Å². The standard InChI is InChI=1S/C19H24N4O2/c1-13(2)20-11-6-12-21-19-14-7-3-4-8-15(14)22-16-9-5-10-17(18(16)19)23(24)25/h3-5,7-10,13,20,23-24H,6,11-12H2,1-2H3,(H,21,22). The molecule has 0 saturated heterocycles. The third kappa shape index (κ3) is 3.88. The predicted molar refractivity (Wildman–Crippen MR) is 101 cm³/mol. The molecule has 0 spiro atoms. The van der Waals surface area contributed by atoms with Gasteiger partial charge in [-0.1, -0.05) is 38.1 Å². The molecule has 0 aliphatic rings. The van der Waals surface area contributed by atoms with Crippen LogP contribution in [-0.2, 0) is 0 Å². The second kappa shape index (κ2) is 7.76. The van der Waals surface area contributed by atoms with Crippen LogP contribution < -0.4 is 15.9 Å². The van der Waals surface area contributed by atoms with Crippen LogP contribution in [0.25, 0.3) is 21.8 Å². The van der Waals surface area contributed by atoms with E-state index in [0.29, 0.717) is 16.9 Å². The fourth-order valence-electron chi connectivity index (χ4n) is 3.00. The fourth-order valence-corrected chi connectivity index (χ4v) is 3.00. The van der Waals surface area contributed by atoms with E-state index in [2.05, 4.69) is 29.5 Å². The molecule has 1 heterocycles. The van der Waals surface area contributed by atoms with Gasteiger partial charge in [0.05, 0.1) is 22.1 Å². The van der Waals surface area contributed by atoms with Gasteiger partial charge in [0.15, 0.2) is 5.69 Å². The van der Waals surface area contributed by atoms with Crippen LogP contribution in [0.5, 0.6) is 0 Å². The SMILES string of the molecule is CC(C)NCCCNc1c2ccccc2nc2cccc([NH+]([O-])O)c12. The zero-order chi connectivity index (χ0) is 17.8. The maximum Gasteiger partial charge on any atom is 0.175 e. The molecule has 1 unspecified atom stereocenters. The van der Waals surface area contributed by atoms with E-state index in [-0.39, 0.29) is 5.69 Å². The number of para-hydroxylation sites is 1. The number of rotatable bonds is 7. The quantitative estimate of drug-likeness (QED) is 0.302. The first-order chi connectivity index (χ1) is 12.1. The molecule has 0 aliphatic carbocycles. The molecule has 0 bridgehead atoms. The van der Waals surface area contributed by atoms with Gasteiger partial charge in [-0.3, -0.25) is 0 Å². The number of nitrogens with zero attached hydrogens (tertiary/aromatic N) is 1. The topological polar surface area (TPSA) is 84.7 Å². The van der Waals surface area contributed by atoms with Crippen LogP contribution in [0, 0.1) is 5.21 Å². The first kappa shape index (κ1) is 17.6. The molecule has 0 amide bonds. The summed E-state index contributed by atoms with van der Waals surface area (Å²) >= 11 is 0. The highest BCUT2D eigenvalue weighted by Crippen LogP contribution is 2.34. The van der Waals surface area contributed by atoms with Gasteiger partial charge in [-0.05, 0) is 25.1 Å². The molecule has 132 valence electrons. The molecule has 0 aliphatic heterocycles.